The highest BCUT2D eigenvalue weighted by Gasteiger charge is 2.16. The van der Waals surface area contributed by atoms with Gasteiger partial charge in [0.25, 0.3) is 5.91 Å². The van der Waals surface area contributed by atoms with Crippen molar-refractivity contribution in [1.29, 1.82) is 0 Å². The largest absolute Gasteiger partial charge is 0.486 e. The number of carbonyl (C=O) groups is 1. The Morgan fingerprint density at radius 2 is 2.00 bits per heavy atom. The quantitative estimate of drug-likeness (QED) is 0.912. The maximum absolute atomic E-state index is 12.1. The van der Waals surface area contributed by atoms with Gasteiger partial charge >= 0.3 is 0 Å². The summed E-state index contributed by atoms with van der Waals surface area (Å²) in [7, 11) is 0. The Bertz CT molecular complexity index is 677. The number of amides is 1. The maximum Gasteiger partial charge on any atom is 0.263 e. The van der Waals surface area contributed by atoms with Crippen molar-refractivity contribution in [3.63, 3.8) is 0 Å². The molecule has 1 N–H and O–H groups in total. The monoisotopic (exact) mass is 318 g/mol. The summed E-state index contributed by atoms with van der Waals surface area (Å²) in [5.74, 6) is 0.756. The molecule has 118 valence electrons. The summed E-state index contributed by atoms with van der Waals surface area (Å²) in [4.78, 5) is 17.2. The summed E-state index contributed by atoms with van der Waals surface area (Å²) in [6, 6.07) is 6.13. The normalized spacial score (nSPS) is 10.8. The molecule has 0 aliphatic rings. The van der Waals surface area contributed by atoms with Crippen LogP contribution < -0.4 is 10.1 Å². The molecule has 2 aromatic rings. The summed E-state index contributed by atoms with van der Waals surface area (Å²) >= 11 is 1.39. The minimum atomic E-state index is -0.0672. The molecule has 2 rings (SSSR count). The highest BCUT2D eigenvalue weighted by molar-refractivity contribution is 7.13. The van der Waals surface area contributed by atoms with Gasteiger partial charge < -0.3 is 10.1 Å². The lowest BCUT2D eigenvalue weighted by Gasteiger charge is -2.07. The second kappa shape index (κ2) is 6.92. The summed E-state index contributed by atoms with van der Waals surface area (Å²) in [6.07, 6.45) is 0. The van der Waals surface area contributed by atoms with Crippen molar-refractivity contribution in [3.8, 4) is 5.75 Å². The number of carbonyl (C=O) groups excluding carboxylic acids is 1. The number of rotatable bonds is 5. The van der Waals surface area contributed by atoms with Gasteiger partial charge in [-0.1, -0.05) is 6.07 Å². The number of ether oxygens (including phenoxy) is 1. The standard InChI is InChI=1S/C17H22N2O2S/c1-10(2)18-17(20)16-13(5)19-15(22-16)9-21-14-7-6-11(3)12(4)8-14/h6-8,10H,9H2,1-5H3,(H,18,20). The first-order valence-corrected chi connectivity index (χ1v) is 8.15. The molecular weight excluding hydrogens is 296 g/mol. The van der Waals surface area contributed by atoms with Crippen molar-refractivity contribution in [2.24, 2.45) is 0 Å². The average molecular weight is 318 g/mol. The highest BCUT2D eigenvalue weighted by Crippen LogP contribution is 2.22. The number of benzene rings is 1. The zero-order valence-corrected chi connectivity index (χ0v) is 14.5. The Labute approximate surface area is 135 Å². The Morgan fingerprint density at radius 1 is 1.27 bits per heavy atom. The summed E-state index contributed by atoms with van der Waals surface area (Å²) in [6.45, 7) is 10.2. The van der Waals surface area contributed by atoms with Gasteiger partial charge in [0.05, 0.1) is 5.69 Å². The van der Waals surface area contributed by atoms with Gasteiger partial charge in [-0.2, -0.15) is 0 Å². The maximum atomic E-state index is 12.1. The van der Waals surface area contributed by atoms with E-state index in [0.717, 1.165) is 16.5 Å². The van der Waals surface area contributed by atoms with Crippen LogP contribution in [0.4, 0.5) is 0 Å². The lowest BCUT2D eigenvalue weighted by atomic mass is 10.1. The molecule has 0 radical (unpaired) electrons. The van der Waals surface area contributed by atoms with Crippen LogP contribution in [0.5, 0.6) is 5.75 Å². The van der Waals surface area contributed by atoms with Crippen LogP contribution in [-0.2, 0) is 6.61 Å². The van der Waals surface area contributed by atoms with Crippen LogP contribution in [0.3, 0.4) is 0 Å². The first-order valence-electron chi connectivity index (χ1n) is 7.34. The van der Waals surface area contributed by atoms with Crippen molar-refractivity contribution in [3.05, 3.63) is 44.9 Å². The smallest absolute Gasteiger partial charge is 0.263 e. The Balaban J connectivity index is 2.04. The van der Waals surface area contributed by atoms with Crippen molar-refractivity contribution >= 4 is 17.2 Å². The third-order valence-electron chi connectivity index (χ3n) is 3.31. The lowest BCUT2D eigenvalue weighted by molar-refractivity contribution is 0.0946. The number of aromatic nitrogens is 1. The van der Waals surface area contributed by atoms with Crippen molar-refractivity contribution in [2.75, 3.05) is 0 Å². The third kappa shape index (κ3) is 4.07. The zero-order valence-electron chi connectivity index (χ0n) is 13.7. The molecule has 0 saturated carbocycles. The van der Waals surface area contributed by atoms with E-state index in [0.29, 0.717) is 11.5 Å². The van der Waals surface area contributed by atoms with Gasteiger partial charge in [0, 0.05) is 6.04 Å². The van der Waals surface area contributed by atoms with Gasteiger partial charge in [-0.3, -0.25) is 4.79 Å². The van der Waals surface area contributed by atoms with E-state index in [9.17, 15) is 4.79 Å². The van der Waals surface area contributed by atoms with E-state index in [4.69, 9.17) is 4.74 Å². The molecule has 5 heteroatoms. The number of hydrogen-bond donors (Lipinski definition) is 1. The van der Waals surface area contributed by atoms with Crippen LogP contribution in [0.1, 0.15) is 45.3 Å². The molecule has 0 fully saturated rings. The Morgan fingerprint density at radius 3 is 2.64 bits per heavy atom. The molecule has 0 spiro atoms. The van der Waals surface area contributed by atoms with E-state index >= 15 is 0 Å². The van der Waals surface area contributed by atoms with Crippen LogP contribution in [0, 0.1) is 20.8 Å². The predicted octanol–water partition coefficient (Wildman–Crippen LogP) is 3.79. The number of aryl methyl sites for hydroxylation is 3. The van der Waals surface area contributed by atoms with Gasteiger partial charge in [0.15, 0.2) is 0 Å². The first kappa shape index (κ1) is 16.5. The second-order valence-corrected chi connectivity index (χ2v) is 6.77. The van der Waals surface area contributed by atoms with E-state index in [2.05, 4.69) is 24.1 Å². The fraction of sp³-hybridized carbons (Fsp3) is 0.412. The van der Waals surface area contributed by atoms with Crippen LogP contribution in [0.15, 0.2) is 18.2 Å². The molecule has 0 aliphatic carbocycles. The minimum absolute atomic E-state index is 0.0672. The van der Waals surface area contributed by atoms with E-state index in [1.54, 1.807) is 0 Å². The van der Waals surface area contributed by atoms with Crippen LogP contribution in [0.2, 0.25) is 0 Å². The first-order chi connectivity index (χ1) is 10.4. The molecule has 0 bridgehead atoms. The Kier molecular flexibility index (Phi) is 5.19. The number of thiazole rings is 1. The van der Waals surface area contributed by atoms with Crippen molar-refractivity contribution in [2.45, 2.75) is 47.3 Å². The third-order valence-corrected chi connectivity index (χ3v) is 4.44. The molecule has 22 heavy (non-hydrogen) atoms. The van der Waals surface area contributed by atoms with Crippen LogP contribution in [-0.4, -0.2) is 16.9 Å². The predicted molar refractivity (Wildman–Crippen MR) is 89.7 cm³/mol. The van der Waals surface area contributed by atoms with Gasteiger partial charge in [0.2, 0.25) is 0 Å². The van der Waals surface area contributed by atoms with Crippen LogP contribution in [0.25, 0.3) is 0 Å². The number of nitrogens with one attached hydrogen (secondary N) is 1. The minimum Gasteiger partial charge on any atom is -0.486 e. The van der Waals surface area contributed by atoms with Gasteiger partial charge in [-0.05, 0) is 57.9 Å². The second-order valence-electron chi connectivity index (χ2n) is 5.69. The van der Waals surface area contributed by atoms with E-state index < -0.39 is 0 Å². The molecule has 1 aromatic carbocycles. The van der Waals surface area contributed by atoms with E-state index in [-0.39, 0.29) is 11.9 Å². The van der Waals surface area contributed by atoms with Crippen molar-refractivity contribution < 1.29 is 9.53 Å². The summed E-state index contributed by atoms with van der Waals surface area (Å²) in [5, 5.41) is 3.70. The highest BCUT2D eigenvalue weighted by atomic mass is 32.1. The van der Waals surface area contributed by atoms with E-state index in [1.807, 2.05) is 39.0 Å². The van der Waals surface area contributed by atoms with E-state index in [1.165, 1.54) is 22.5 Å². The fourth-order valence-corrected chi connectivity index (χ4v) is 2.88. The summed E-state index contributed by atoms with van der Waals surface area (Å²) < 4.78 is 5.77. The zero-order chi connectivity index (χ0) is 16.3. The topological polar surface area (TPSA) is 51.2 Å². The number of nitrogens with zero attached hydrogens (tertiary/aromatic N) is 1. The van der Waals surface area contributed by atoms with Gasteiger partial charge in [0.1, 0.15) is 22.2 Å². The molecule has 1 aromatic heterocycles. The molecule has 1 heterocycles. The lowest BCUT2D eigenvalue weighted by Crippen LogP contribution is -2.29. The fourth-order valence-electron chi connectivity index (χ4n) is 2.00. The van der Waals surface area contributed by atoms with Gasteiger partial charge in [-0.15, -0.1) is 11.3 Å². The summed E-state index contributed by atoms with van der Waals surface area (Å²) in [5.41, 5.74) is 3.19. The number of hydrogen-bond acceptors (Lipinski definition) is 4. The Hall–Kier alpha value is -1.88. The van der Waals surface area contributed by atoms with Crippen molar-refractivity contribution in [1.82, 2.24) is 10.3 Å². The molecular formula is C17H22N2O2S. The average Bonchev–Trinajstić information content (AvgIpc) is 2.81. The van der Waals surface area contributed by atoms with Gasteiger partial charge in [-0.25, -0.2) is 4.98 Å². The molecule has 1 amide bonds. The molecule has 0 saturated heterocycles. The molecule has 0 atom stereocenters. The SMILES string of the molecule is Cc1ccc(OCc2nc(C)c(C(=O)NC(C)C)s2)cc1C. The molecule has 0 unspecified atom stereocenters. The molecule has 0 aliphatic heterocycles. The molecule has 4 nitrogen and oxygen atoms in total. The van der Waals surface area contributed by atoms with Crippen LogP contribution >= 0.6 is 11.3 Å².